The van der Waals surface area contributed by atoms with Crippen LogP contribution in [-0.2, 0) is 0 Å². The Hall–Kier alpha value is -3.25. The van der Waals surface area contributed by atoms with Gasteiger partial charge in [-0.2, -0.15) is 5.10 Å². The maximum absolute atomic E-state index is 12.3. The summed E-state index contributed by atoms with van der Waals surface area (Å²) in [6.07, 6.45) is 1.62. The van der Waals surface area contributed by atoms with Crippen molar-refractivity contribution < 1.29 is 9.59 Å². The summed E-state index contributed by atoms with van der Waals surface area (Å²) in [6, 6.07) is 18.0. The lowest BCUT2D eigenvalue weighted by molar-refractivity contribution is 0.0954. The van der Waals surface area contributed by atoms with Crippen molar-refractivity contribution in [2.45, 2.75) is 13.8 Å². The second-order valence-corrected chi connectivity index (χ2v) is 7.37. The Kier molecular flexibility index (Phi) is 5.78. The van der Waals surface area contributed by atoms with Gasteiger partial charge in [-0.25, -0.2) is 5.43 Å². The van der Waals surface area contributed by atoms with Gasteiger partial charge >= 0.3 is 0 Å². The molecule has 27 heavy (non-hydrogen) atoms. The van der Waals surface area contributed by atoms with E-state index in [1.165, 1.54) is 4.88 Å². The zero-order chi connectivity index (χ0) is 19.2. The Morgan fingerprint density at radius 3 is 2.37 bits per heavy atom. The van der Waals surface area contributed by atoms with Crippen molar-refractivity contribution in [3.63, 3.8) is 0 Å². The molecule has 0 fully saturated rings. The molecule has 3 aromatic rings. The van der Waals surface area contributed by atoms with Gasteiger partial charge < -0.3 is 5.32 Å². The average Bonchev–Trinajstić information content (AvgIpc) is 3.07. The van der Waals surface area contributed by atoms with Gasteiger partial charge in [0.15, 0.2) is 0 Å². The van der Waals surface area contributed by atoms with Crippen LogP contribution in [0.2, 0.25) is 0 Å². The lowest BCUT2D eigenvalue weighted by atomic mass is 10.1. The summed E-state index contributed by atoms with van der Waals surface area (Å²) in [5.74, 6) is -0.497. The zero-order valence-corrected chi connectivity index (χ0v) is 15.8. The van der Waals surface area contributed by atoms with E-state index < -0.39 is 0 Å². The second kappa shape index (κ2) is 8.42. The first-order valence-electron chi connectivity index (χ1n) is 8.39. The van der Waals surface area contributed by atoms with Crippen LogP contribution in [-0.4, -0.2) is 18.0 Å². The summed E-state index contributed by atoms with van der Waals surface area (Å²) in [4.78, 5) is 26.5. The highest BCUT2D eigenvalue weighted by Gasteiger charge is 2.08. The molecular formula is C21H19N3O2S. The third kappa shape index (κ3) is 5.12. The molecule has 0 aliphatic rings. The number of nitrogens with one attached hydrogen (secondary N) is 2. The fraction of sp³-hybridized carbons (Fsp3) is 0.0952. The van der Waals surface area contributed by atoms with Gasteiger partial charge in [0.05, 0.1) is 6.21 Å². The Balaban J connectivity index is 1.58. The Morgan fingerprint density at radius 2 is 1.70 bits per heavy atom. The normalized spacial score (nSPS) is 10.7. The average molecular weight is 377 g/mol. The van der Waals surface area contributed by atoms with Crippen molar-refractivity contribution >= 4 is 35.1 Å². The molecule has 5 nitrogen and oxygen atoms in total. The molecule has 1 heterocycles. The maximum atomic E-state index is 12.3. The first-order chi connectivity index (χ1) is 13.0. The smallest absolute Gasteiger partial charge is 0.271 e. The van der Waals surface area contributed by atoms with Crippen LogP contribution in [0.5, 0.6) is 0 Å². The van der Waals surface area contributed by atoms with E-state index in [0.29, 0.717) is 16.8 Å². The number of rotatable bonds is 5. The number of nitrogens with zero attached hydrogens (tertiary/aromatic N) is 1. The molecule has 0 aliphatic heterocycles. The van der Waals surface area contributed by atoms with E-state index in [4.69, 9.17) is 0 Å². The van der Waals surface area contributed by atoms with Crippen LogP contribution in [0.1, 0.15) is 36.0 Å². The van der Waals surface area contributed by atoms with E-state index in [0.717, 1.165) is 10.4 Å². The second-order valence-electron chi connectivity index (χ2n) is 6.05. The predicted molar refractivity (Wildman–Crippen MR) is 110 cm³/mol. The number of hydrogen-bond donors (Lipinski definition) is 2. The molecule has 0 bridgehead atoms. The highest BCUT2D eigenvalue weighted by molar-refractivity contribution is 7.13. The van der Waals surface area contributed by atoms with E-state index in [1.54, 1.807) is 47.9 Å². The number of aryl methyl sites for hydroxylation is 2. The molecule has 1 aromatic heterocycles. The minimum Gasteiger partial charge on any atom is -0.322 e. The van der Waals surface area contributed by atoms with Crippen molar-refractivity contribution in [1.82, 2.24) is 5.43 Å². The standard InChI is InChI=1S/C21H19N3O2S/c1-14-4-3-5-17(12-14)20(25)23-18-9-7-16(8-10-18)21(26)24-22-13-19-11-6-15(2)27-19/h3-13H,1-2H3,(H,23,25)(H,24,26). The van der Waals surface area contributed by atoms with E-state index in [-0.39, 0.29) is 11.8 Å². The highest BCUT2D eigenvalue weighted by atomic mass is 32.1. The number of anilines is 1. The third-order valence-electron chi connectivity index (χ3n) is 3.80. The zero-order valence-electron chi connectivity index (χ0n) is 15.0. The van der Waals surface area contributed by atoms with E-state index in [9.17, 15) is 9.59 Å². The molecule has 136 valence electrons. The van der Waals surface area contributed by atoms with Gasteiger partial charge in [0.25, 0.3) is 11.8 Å². The fourth-order valence-electron chi connectivity index (χ4n) is 2.44. The van der Waals surface area contributed by atoms with Crippen LogP contribution < -0.4 is 10.7 Å². The van der Waals surface area contributed by atoms with E-state index >= 15 is 0 Å². The van der Waals surface area contributed by atoms with Gasteiger partial charge in [-0.05, 0) is 62.4 Å². The van der Waals surface area contributed by atoms with Gasteiger partial charge in [-0.15, -0.1) is 11.3 Å². The Bertz CT molecular complexity index is 991. The minimum atomic E-state index is -0.309. The van der Waals surface area contributed by atoms with Gasteiger partial charge in [-0.1, -0.05) is 17.7 Å². The number of hydrazone groups is 1. The van der Waals surface area contributed by atoms with Crippen LogP contribution in [0.3, 0.4) is 0 Å². The number of carbonyl (C=O) groups excluding carboxylic acids is 2. The van der Waals surface area contributed by atoms with Crippen LogP contribution in [0.4, 0.5) is 5.69 Å². The minimum absolute atomic E-state index is 0.188. The quantitative estimate of drug-likeness (QED) is 0.512. The predicted octanol–water partition coefficient (Wildman–Crippen LogP) is 4.38. The number of carbonyl (C=O) groups is 2. The summed E-state index contributed by atoms with van der Waals surface area (Å²) in [5, 5.41) is 6.79. The summed E-state index contributed by atoms with van der Waals surface area (Å²) >= 11 is 1.60. The molecule has 0 saturated heterocycles. The summed E-state index contributed by atoms with van der Waals surface area (Å²) < 4.78 is 0. The van der Waals surface area contributed by atoms with Gasteiger partial charge in [0, 0.05) is 26.6 Å². The van der Waals surface area contributed by atoms with Crippen LogP contribution in [0.15, 0.2) is 65.8 Å². The first kappa shape index (κ1) is 18.5. The number of amides is 2. The molecule has 0 spiro atoms. The summed E-state index contributed by atoms with van der Waals surface area (Å²) in [7, 11) is 0. The topological polar surface area (TPSA) is 70.6 Å². The van der Waals surface area contributed by atoms with Gasteiger partial charge in [-0.3, -0.25) is 9.59 Å². The van der Waals surface area contributed by atoms with Crippen molar-refractivity contribution in [1.29, 1.82) is 0 Å². The SMILES string of the molecule is Cc1cccc(C(=O)Nc2ccc(C(=O)NN=Cc3ccc(C)s3)cc2)c1. The fourth-order valence-corrected chi connectivity index (χ4v) is 3.19. The molecule has 2 aromatic carbocycles. The number of thiophene rings is 1. The van der Waals surface area contributed by atoms with Crippen molar-refractivity contribution in [3.05, 3.63) is 87.1 Å². The van der Waals surface area contributed by atoms with Crippen LogP contribution in [0.25, 0.3) is 0 Å². The largest absolute Gasteiger partial charge is 0.322 e. The molecule has 0 saturated carbocycles. The molecule has 2 N–H and O–H groups in total. The Morgan fingerprint density at radius 1 is 0.926 bits per heavy atom. The molecule has 0 atom stereocenters. The molecular weight excluding hydrogens is 358 g/mol. The van der Waals surface area contributed by atoms with Crippen LogP contribution >= 0.6 is 11.3 Å². The van der Waals surface area contributed by atoms with Gasteiger partial charge in [0.2, 0.25) is 0 Å². The number of hydrogen-bond acceptors (Lipinski definition) is 4. The summed E-state index contributed by atoms with van der Waals surface area (Å²) in [6.45, 7) is 3.95. The van der Waals surface area contributed by atoms with Crippen molar-refractivity contribution in [3.8, 4) is 0 Å². The monoisotopic (exact) mass is 377 g/mol. The molecule has 6 heteroatoms. The first-order valence-corrected chi connectivity index (χ1v) is 9.21. The van der Waals surface area contributed by atoms with Gasteiger partial charge in [0.1, 0.15) is 0 Å². The lowest BCUT2D eigenvalue weighted by Crippen LogP contribution is -2.17. The van der Waals surface area contributed by atoms with E-state index in [1.807, 2.05) is 44.2 Å². The Labute approximate surface area is 161 Å². The molecule has 2 amide bonds. The van der Waals surface area contributed by atoms with Crippen LogP contribution in [0, 0.1) is 13.8 Å². The molecule has 0 radical (unpaired) electrons. The molecule has 0 aliphatic carbocycles. The van der Waals surface area contributed by atoms with E-state index in [2.05, 4.69) is 15.8 Å². The maximum Gasteiger partial charge on any atom is 0.271 e. The molecule has 0 unspecified atom stereocenters. The highest BCUT2D eigenvalue weighted by Crippen LogP contribution is 2.13. The van der Waals surface area contributed by atoms with Crippen molar-refractivity contribution in [2.24, 2.45) is 5.10 Å². The molecule has 3 rings (SSSR count). The third-order valence-corrected chi connectivity index (χ3v) is 4.74. The number of benzene rings is 2. The van der Waals surface area contributed by atoms with Crippen molar-refractivity contribution in [2.75, 3.05) is 5.32 Å². The lowest BCUT2D eigenvalue weighted by Gasteiger charge is -2.07. The summed E-state index contributed by atoms with van der Waals surface area (Å²) in [5.41, 5.74) is 5.19.